The first-order valence-corrected chi connectivity index (χ1v) is 24.0. The van der Waals surface area contributed by atoms with Crippen LogP contribution in [0.15, 0.2) is 0 Å². The summed E-state index contributed by atoms with van der Waals surface area (Å²) in [5.74, 6) is -1.01. The van der Waals surface area contributed by atoms with Gasteiger partial charge in [-0.25, -0.2) is 4.57 Å². The van der Waals surface area contributed by atoms with Gasteiger partial charge in [-0.15, -0.1) is 0 Å². The number of rotatable bonds is 43. The summed E-state index contributed by atoms with van der Waals surface area (Å²) in [6.45, 7) is 2.18. The van der Waals surface area contributed by atoms with Crippen LogP contribution in [0, 0.1) is 0 Å². The largest absolute Gasteiger partial charge is 0.472 e. The summed E-state index contributed by atoms with van der Waals surface area (Å²) in [6, 6.07) is 0. The molecule has 3 N–H and O–H groups in total. The summed E-state index contributed by atoms with van der Waals surface area (Å²) in [6.07, 6.45) is 36.9. The summed E-state index contributed by atoms with van der Waals surface area (Å²) in [5.41, 5.74) is 0. The van der Waals surface area contributed by atoms with Crippen LogP contribution in [0.4, 0.5) is 0 Å². The van der Waals surface area contributed by atoms with Gasteiger partial charge in [-0.1, -0.05) is 200 Å². The Morgan fingerprint density at radius 2 is 0.648 bits per heavy atom. The molecule has 0 aliphatic rings. The maximum atomic E-state index is 12.3. The van der Waals surface area contributed by atoms with Crippen LogP contribution in [0.5, 0.6) is 0 Å². The van der Waals surface area contributed by atoms with Gasteiger partial charge in [-0.2, -0.15) is 0 Å². The molecule has 0 aromatic heterocycles. The molecular formula is C43H85O10P. The smallest absolute Gasteiger partial charge is 0.457 e. The van der Waals surface area contributed by atoms with E-state index < -0.39 is 58.4 Å². The monoisotopic (exact) mass is 793 g/mol. The van der Waals surface area contributed by atoms with Crippen LogP contribution in [0.2, 0.25) is 0 Å². The number of phosphoric acid groups is 1. The van der Waals surface area contributed by atoms with E-state index in [2.05, 4.69) is 13.8 Å². The van der Waals surface area contributed by atoms with Crippen molar-refractivity contribution >= 4 is 19.8 Å². The van der Waals surface area contributed by atoms with Gasteiger partial charge in [0.25, 0.3) is 0 Å². The van der Waals surface area contributed by atoms with E-state index in [-0.39, 0.29) is 12.8 Å². The van der Waals surface area contributed by atoms with Gasteiger partial charge in [0.2, 0.25) is 0 Å². The molecule has 0 fully saturated rings. The lowest BCUT2D eigenvalue weighted by Crippen LogP contribution is -2.28. The highest BCUT2D eigenvalue weighted by molar-refractivity contribution is 7.47. The van der Waals surface area contributed by atoms with Gasteiger partial charge in [-0.3, -0.25) is 18.6 Å². The van der Waals surface area contributed by atoms with Crippen LogP contribution in [0.1, 0.15) is 226 Å². The summed E-state index contributed by atoms with van der Waals surface area (Å²) < 4.78 is 32.4. The first kappa shape index (κ1) is 53.0. The van der Waals surface area contributed by atoms with Crippen LogP contribution >= 0.6 is 7.82 Å². The van der Waals surface area contributed by atoms with Gasteiger partial charge >= 0.3 is 19.8 Å². The molecule has 3 unspecified atom stereocenters. The van der Waals surface area contributed by atoms with Crippen LogP contribution in [-0.2, 0) is 32.7 Å². The van der Waals surface area contributed by atoms with E-state index in [4.69, 9.17) is 18.5 Å². The van der Waals surface area contributed by atoms with Crippen molar-refractivity contribution in [3.8, 4) is 0 Å². The summed E-state index contributed by atoms with van der Waals surface area (Å²) in [4.78, 5) is 34.3. The molecular weight excluding hydrogens is 707 g/mol. The molecule has 0 amide bonds. The standard InChI is InChI=1S/C43H85O10P/c1-3-5-7-9-11-12-13-14-15-16-17-18-19-20-21-22-23-24-25-26-27-29-31-33-35-43(47)53-41(37-45)39-51-54(48,49)50-38-40(36-44)52-42(46)34-32-30-28-10-8-6-4-2/h40-41,44-45H,3-39H2,1-2H3,(H,48,49). The molecule has 3 atom stereocenters. The number of esters is 2. The molecule has 11 heteroatoms. The third-order valence-corrected chi connectivity index (χ3v) is 11.0. The lowest BCUT2D eigenvalue weighted by atomic mass is 10.0. The number of aliphatic hydroxyl groups excluding tert-OH is 2. The number of hydrogen-bond acceptors (Lipinski definition) is 9. The zero-order valence-corrected chi connectivity index (χ0v) is 35.9. The number of ether oxygens (including phenoxy) is 2. The Labute approximate surface area is 331 Å². The van der Waals surface area contributed by atoms with E-state index in [0.29, 0.717) is 12.8 Å². The number of phosphoric ester groups is 1. The number of carbonyl (C=O) groups excluding carboxylic acids is 2. The minimum atomic E-state index is -4.62. The van der Waals surface area contributed by atoms with Gasteiger partial charge in [0, 0.05) is 12.8 Å². The molecule has 0 saturated carbocycles. The van der Waals surface area contributed by atoms with E-state index in [1.165, 1.54) is 148 Å². The number of unbranched alkanes of at least 4 members (excludes halogenated alkanes) is 29. The van der Waals surface area contributed by atoms with E-state index in [1.807, 2.05) is 0 Å². The minimum absolute atomic E-state index is 0.195. The van der Waals surface area contributed by atoms with Gasteiger partial charge in [0.1, 0.15) is 12.2 Å². The van der Waals surface area contributed by atoms with Crippen LogP contribution in [0.3, 0.4) is 0 Å². The minimum Gasteiger partial charge on any atom is -0.457 e. The van der Waals surface area contributed by atoms with Crippen molar-refractivity contribution in [2.24, 2.45) is 0 Å². The lowest BCUT2D eigenvalue weighted by molar-refractivity contribution is -0.153. The Balaban J connectivity index is 3.73. The number of carbonyl (C=O) groups is 2. The van der Waals surface area contributed by atoms with Crippen molar-refractivity contribution in [1.82, 2.24) is 0 Å². The highest BCUT2D eigenvalue weighted by atomic mass is 31.2. The fourth-order valence-corrected chi connectivity index (χ4v) is 7.37. The highest BCUT2D eigenvalue weighted by Gasteiger charge is 2.27. The van der Waals surface area contributed by atoms with E-state index in [1.54, 1.807) is 0 Å². The Morgan fingerprint density at radius 3 is 0.870 bits per heavy atom. The zero-order valence-electron chi connectivity index (χ0n) is 35.0. The first-order chi connectivity index (χ1) is 26.3. The summed E-state index contributed by atoms with van der Waals surface area (Å²) in [7, 11) is -4.62. The topological polar surface area (TPSA) is 149 Å². The molecule has 0 bridgehead atoms. The molecule has 0 saturated heterocycles. The maximum Gasteiger partial charge on any atom is 0.472 e. The Bertz CT molecular complexity index is 873. The third kappa shape index (κ3) is 37.9. The van der Waals surface area contributed by atoms with Crippen molar-refractivity contribution in [1.29, 1.82) is 0 Å². The van der Waals surface area contributed by atoms with E-state index >= 15 is 0 Å². The average molecular weight is 793 g/mol. The number of hydrogen-bond donors (Lipinski definition) is 3. The van der Waals surface area contributed by atoms with E-state index in [0.717, 1.165) is 38.5 Å². The molecule has 0 rings (SSSR count). The molecule has 54 heavy (non-hydrogen) atoms. The molecule has 0 aromatic rings. The van der Waals surface area contributed by atoms with E-state index in [9.17, 15) is 29.3 Å². The highest BCUT2D eigenvalue weighted by Crippen LogP contribution is 2.43. The van der Waals surface area contributed by atoms with Crippen molar-refractivity contribution in [2.45, 2.75) is 238 Å². The second-order valence-electron chi connectivity index (χ2n) is 15.4. The summed E-state index contributed by atoms with van der Waals surface area (Å²) >= 11 is 0. The average Bonchev–Trinajstić information content (AvgIpc) is 3.16. The van der Waals surface area contributed by atoms with Crippen LogP contribution in [-0.4, -0.2) is 65.7 Å². The molecule has 322 valence electrons. The predicted octanol–water partition coefficient (Wildman–Crippen LogP) is 11.8. The first-order valence-electron chi connectivity index (χ1n) is 22.5. The molecule has 0 heterocycles. The van der Waals surface area contributed by atoms with Gasteiger partial charge < -0.3 is 24.6 Å². The van der Waals surface area contributed by atoms with Crippen LogP contribution in [0.25, 0.3) is 0 Å². The van der Waals surface area contributed by atoms with Crippen LogP contribution < -0.4 is 0 Å². The van der Waals surface area contributed by atoms with Gasteiger partial charge in [0.05, 0.1) is 26.4 Å². The number of aliphatic hydroxyl groups is 2. The van der Waals surface area contributed by atoms with Gasteiger partial charge in [-0.05, 0) is 12.8 Å². The Morgan fingerprint density at radius 1 is 0.426 bits per heavy atom. The normalized spacial score (nSPS) is 13.8. The molecule has 0 radical (unpaired) electrons. The molecule has 0 aliphatic heterocycles. The fraction of sp³-hybridized carbons (Fsp3) is 0.953. The second kappa shape index (κ2) is 40.2. The van der Waals surface area contributed by atoms with Crippen molar-refractivity contribution in [3.63, 3.8) is 0 Å². The quantitative estimate of drug-likeness (QED) is 0.0309. The lowest BCUT2D eigenvalue weighted by Gasteiger charge is -2.20. The van der Waals surface area contributed by atoms with Crippen molar-refractivity contribution in [3.05, 3.63) is 0 Å². The second-order valence-corrected chi connectivity index (χ2v) is 16.9. The van der Waals surface area contributed by atoms with Crippen molar-refractivity contribution < 1.29 is 47.8 Å². The van der Waals surface area contributed by atoms with Gasteiger partial charge in [0.15, 0.2) is 0 Å². The van der Waals surface area contributed by atoms with Crippen molar-refractivity contribution in [2.75, 3.05) is 26.4 Å². The Kier molecular flexibility index (Phi) is 39.4. The molecule has 0 aromatic carbocycles. The Hall–Kier alpha value is -1.03. The maximum absolute atomic E-state index is 12.3. The molecule has 10 nitrogen and oxygen atoms in total. The predicted molar refractivity (Wildman–Crippen MR) is 219 cm³/mol. The fourth-order valence-electron chi connectivity index (χ4n) is 6.59. The summed E-state index contributed by atoms with van der Waals surface area (Å²) in [5, 5.41) is 19.1. The molecule has 0 spiro atoms. The zero-order chi connectivity index (χ0) is 39.8. The molecule has 0 aliphatic carbocycles. The SMILES string of the molecule is CCCCCCCCCCCCCCCCCCCCCCCCCCC(=O)OC(CO)COP(=O)(O)OCC(CO)OC(=O)CCCCCCCCC. The third-order valence-electron chi connectivity index (χ3n) is 10.1.